The number of esters is 1. The average Bonchev–Trinajstić information content (AvgIpc) is 2.27. The molecule has 0 aromatic carbocycles. The smallest absolute Gasteiger partial charge is 0.320 e. The van der Waals surface area contributed by atoms with Crippen LogP contribution in [0.4, 0.5) is 0 Å². The maximum atomic E-state index is 11.3. The minimum atomic E-state index is -1.13. The molecule has 2 unspecified atom stereocenters. The fourth-order valence-electron chi connectivity index (χ4n) is 1.32. The van der Waals surface area contributed by atoms with Crippen molar-refractivity contribution < 1.29 is 19.4 Å². The molecule has 94 valence electrons. The first-order valence-corrected chi connectivity index (χ1v) is 5.92. The quantitative estimate of drug-likeness (QED) is 0.514. The molecule has 0 heterocycles. The zero-order valence-corrected chi connectivity index (χ0v) is 10.4. The minimum absolute atomic E-state index is 0.340. The molecule has 2 atom stereocenters. The van der Waals surface area contributed by atoms with Crippen molar-refractivity contribution in [3.63, 3.8) is 0 Å². The third-order valence-corrected chi connectivity index (χ3v) is 2.73. The van der Waals surface area contributed by atoms with Crippen molar-refractivity contribution >= 4 is 11.9 Å². The molecule has 0 aliphatic carbocycles. The molecule has 0 bridgehead atoms. The summed E-state index contributed by atoms with van der Waals surface area (Å²) in [6, 6.07) is 0. The number of aliphatic carboxylic acids is 1. The van der Waals surface area contributed by atoms with Crippen molar-refractivity contribution in [1.82, 2.24) is 0 Å². The summed E-state index contributed by atoms with van der Waals surface area (Å²) in [5.74, 6) is -2.48. The fourth-order valence-corrected chi connectivity index (χ4v) is 1.32. The van der Waals surface area contributed by atoms with Gasteiger partial charge in [-0.3, -0.25) is 9.59 Å². The van der Waals surface area contributed by atoms with Crippen LogP contribution in [0.2, 0.25) is 0 Å². The Kier molecular flexibility index (Phi) is 7.60. The standard InChI is InChI=1S/C12H22O4/c1-4-6-7-10(5-2)8-16-12(15)9(3)11(13)14/h9-10H,4-8H2,1-3H3,(H,13,14). The van der Waals surface area contributed by atoms with Gasteiger partial charge in [0.1, 0.15) is 0 Å². The van der Waals surface area contributed by atoms with E-state index in [1.54, 1.807) is 0 Å². The van der Waals surface area contributed by atoms with Gasteiger partial charge in [-0.05, 0) is 19.3 Å². The van der Waals surface area contributed by atoms with E-state index in [1.165, 1.54) is 6.92 Å². The Morgan fingerprint density at radius 2 is 1.94 bits per heavy atom. The number of carbonyl (C=O) groups is 2. The second kappa shape index (κ2) is 8.13. The molecular formula is C12H22O4. The van der Waals surface area contributed by atoms with Gasteiger partial charge in [-0.2, -0.15) is 0 Å². The van der Waals surface area contributed by atoms with Gasteiger partial charge in [0.05, 0.1) is 6.61 Å². The molecule has 0 aromatic heterocycles. The second-order valence-electron chi connectivity index (χ2n) is 4.11. The number of rotatable bonds is 8. The lowest BCUT2D eigenvalue weighted by atomic mass is 10.0. The summed E-state index contributed by atoms with van der Waals surface area (Å²) in [7, 11) is 0. The number of unbranched alkanes of at least 4 members (excludes halogenated alkanes) is 1. The molecule has 16 heavy (non-hydrogen) atoms. The van der Waals surface area contributed by atoms with Gasteiger partial charge >= 0.3 is 11.9 Å². The molecule has 0 spiro atoms. The van der Waals surface area contributed by atoms with Crippen LogP contribution in [0.1, 0.15) is 46.5 Å². The summed E-state index contributed by atoms with van der Waals surface area (Å²) in [6.07, 6.45) is 4.22. The first-order valence-electron chi connectivity index (χ1n) is 5.92. The van der Waals surface area contributed by atoms with Gasteiger partial charge in [-0.25, -0.2) is 0 Å². The fraction of sp³-hybridized carbons (Fsp3) is 0.833. The molecule has 0 aromatic rings. The molecular weight excluding hydrogens is 208 g/mol. The molecule has 0 amide bonds. The Labute approximate surface area is 97.0 Å². The van der Waals surface area contributed by atoms with Gasteiger partial charge in [-0.1, -0.05) is 33.1 Å². The van der Waals surface area contributed by atoms with E-state index in [0.29, 0.717) is 12.5 Å². The molecule has 0 rings (SSSR count). The van der Waals surface area contributed by atoms with Crippen LogP contribution in [0.25, 0.3) is 0 Å². The van der Waals surface area contributed by atoms with Crippen LogP contribution in [0, 0.1) is 11.8 Å². The van der Waals surface area contributed by atoms with Crippen LogP contribution in [0.5, 0.6) is 0 Å². The zero-order chi connectivity index (χ0) is 12.6. The molecule has 0 fully saturated rings. The predicted octanol–water partition coefficient (Wildman–Crippen LogP) is 2.47. The maximum absolute atomic E-state index is 11.3. The summed E-state index contributed by atoms with van der Waals surface area (Å²) in [6.45, 7) is 5.85. The summed E-state index contributed by atoms with van der Waals surface area (Å²) >= 11 is 0. The van der Waals surface area contributed by atoms with Crippen LogP contribution in [0.15, 0.2) is 0 Å². The van der Waals surface area contributed by atoms with E-state index in [0.717, 1.165) is 25.7 Å². The number of hydrogen-bond donors (Lipinski definition) is 1. The topological polar surface area (TPSA) is 63.6 Å². The molecule has 0 radical (unpaired) electrons. The van der Waals surface area contributed by atoms with Crippen LogP contribution < -0.4 is 0 Å². The highest BCUT2D eigenvalue weighted by Gasteiger charge is 2.22. The van der Waals surface area contributed by atoms with Gasteiger partial charge in [0, 0.05) is 0 Å². The van der Waals surface area contributed by atoms with E-state index in [-0.39, 0.29) is 0 Å². The summed E-state index contributed by atoms with van der Waals surface area (Å²) in [5, 5.41) is 8.62. The van der Waals surface area contributed by atoms with Crippen LogP contribution in [-0.4, -0.2) is 23.7 Å². The Morgan fingerprint density at radius 3 is 2.38 bits per heavy atom. The highest BCUT2D eigenvalue weighted by molar-refractivity contribution is 5.93. The number of carboxylic acids is 1. The molecule has 0 saturated heterocycles. The lowest BCUT2D eigenvalue weighted by Gasteiger charge is -2.15. The minimum Gasteiger partial charge on any atom is -0.481 e. The molecule has 4 nitrogen and oxygen atoms in total. The van der Waals surface area contributed by atoms with Gasteiger partial charge < -0.3 is 9.84 Å². The van der Waals surface area contributed by atoms with Gasteiger partial charge in [-0.15, -0.1) is 0 Å². The zero-order valence-electron chi connectivity index (χ0n) is 10.4. The molecule has 0 saturated carbocycles. The van der Waals surface area contributed by atoms with Crippen molar-refractivity contribution in [3.05, 3.63) is 0 Å². The Balaban J connectivity index is 3.92. The first kappa shape index (κ1) is 14.9. The second-order valence-corrected chi connectivity index (χ2v) is 4.11. The highest BCUT2D eigenvalue weighted by Crippen LogP contribution is 2.13. The van der Waals surface area contributed by atoms with E-state index in [4.69, 9.17) is 9.84 Å². The maximum Gasteiger partial charge on any atom is 0.320 e. The Bertz CT molecular complexity index is 225. The van der Waals surface area contributed by atoms with Gasteiger partial charge in [0.2, 0.25) is 0 Å². The van der Waals surface area contributed by atoms with E-state index in [1.807, 2.05) is 0 Å². The number of hydrogen-bond acceptors (Lipinski definition) is 3. The summed E-state index contributed by atoms with van der Waals surface area (Å²) < 4.78 is 5.00. The summed E-state index contributed by atoms with van der Waals surface area (Å²) in [4.78, 5) is 21.8. The largest absolute Gasteiger partial charge is 0.481 e. The third-order valence-electron chi connectivity index (χ3n) is 2.73. The molecule has 4 heteroatoms. The first-order chi connectivity index (χ1) is 7.52. The van der Waals surface area contributed by atoms with Gasteiger partial charge in [0.25, 0.3) is 0 Å². The number of carboxylic acid groups (broad SMARTS) is 1. The van der Waals surface area contributed by atoms with Crippen molar-refractivity contribution in [3.8, 4) is 0 Å². The number of ether oxygens (including phenoxy) is 1. The lowest BCUT2D eigenvalue weighted by Crippen LogP contribution is -2.25. The van der Waals surface area contributed by atoms with E-state index < -0.39 is 17.9 Å². The van der Waals surface area contributed by atoms with Crippen molar-refractivity contribution in [2.45, 2.75) is 46.5 Å². The Hall–Kier alpha value is -1.06. The third kappa shape index (κ3) is 5.73. The van der Waals surface area contributed by atoms with Crippen LogP contribution in [0.3, 0.4) is 0 Å². The van der Waals surface area contributed by atoms with Gasteiger partial charge in [0.15, 0.2) is 5.92 Å². The lowest BCUT2D eigenvalue weighted by molar-refractivity contribution is -0.158. The van der Waals surface area contributed by atoms with E-state index >= 15 is 0 Å². The van der Waals surface area contributed by atoms with Crippen molar-refractivity contribution in [1.29, 1.82) is 0 Å². The highest BCUT2D eigenvalue weighted by atomic mass is 16.5. The van der Waals surface area contributed by atoms with Crippen LogP contribution >= 0.6 is 0 Å². The SMILES string of the molecule is CCCCC(CC)COC(=O)C(C)C(=O)O. The molecule has 0 aliphatic heterocycles. The molecule has 0 aliphatic rings. The number of carbonyl (C=O) groups excluding carboxylic acids is 1. The monoisotopic (exact) mass is 230 g/mol. The molecule has 1 N–H and O–H groups in total. The summed E-state index contributed by atoms with van der Waals surface area (Å²) in [5.41, 5.74) is 0. The average molecular weight is 230 g/mol. The van der Waals surface area contributed by atoms with Crippen LogP contribution in [-0.2, 0) is 14.3 Å². The van der Waals surface area contributed by atoms with E-state index in [9.17, 15) is 9.59 Å². The normalized spacial score (nSPS) is 14.2. The van der Waals surface area contributed by atoms with Crippen molar-refractivity contribution in [2.24, 2.45) is 11.8 Å². The Morgan fingerprint density at radius 1 is 1.31 bits per heavy atom. The predicted molar refractivity (Wildman–Crippen MR) is 61.1 cm³/mol. The van der Waals surface area contributed by atoms with Crippen molar-refractivity contribution in [2.75, 3.05) is 6.61 Å². The van der Waals surface area contributed by atoms with E-state index in [2.05, 4.69) is 13.8 Å².